The Bertz CT molecular complexity index is 443. The van der Waals surface area contributed by atoms with Gasteiger partial charge in [-0.25, -0.2) is 0 Å². The number of likely N-dealkylation sites (N-methyl/N-ethyl adjacent to an activating group) is 1. The monoisotopic (exact) mass is 260 g/mol. The molecule has 1 fully saturated rings. The molecule has 1 aromatic carbocycles. The Morgan fingerprint density at radius 2 is 1.89 bits per heavy atom. The van der Waals surface area contributed by atoms with Gasteiger partial charge in [-0.05, 0) is 50.0 Å². The highest BCUT2D eigenvalue weighted by Crippen LogP contribution is 2.34. The van der Waals surface area contributed by atoms with Gasteiger partial charge in [-0.3, -0.25) is 0 Å². The summed E-state index contributed by atoms with van der Waals surface area (Å²) in [4.78, 5) is 4.92. The predicted octanol–water partition coefficient (Wildman–Crippen LogP) is 3.43. The molecule has 0 bridgehead atoms. The zero-order chi connectivity index (χ0) is 14.2. The first-order chi connectivity index (χ1) is 8.79. The van der Waals surface area contributed by atoms with Gasteiger partial charge in [0.15, 0.2) is 0 Å². The van der Waals surface area contributed by atoms with Gasteiger partial charge in [0, 0.05) is 24.8 Å². The first-order valence-corrected chi connectivity index (χ1v) is 7.31. The average Bonchev–Trinajstić information content (AvgIpc) is 2.76. The molecule has 0 aliphatic carbocycles. The van der Waals surface area contributed by atoms with Crippen LogP contribution in [-0.2, 0) is 5.41 Å². The van der Waals surface area contributed by atoms with E-state index in [1.54, 1.807) is 0 Å². The van der Waals surface area contributed by atoms with E-state index < -0.39 is 0 Å². The highest BCUT2D eigenvalue weighted by Gasteiger charge is 2.28. The molecule has 0 amide bonds. The minimum absolute atomic E-state index is 0.208. The summed E-state index contributed by atoms with van der Waals surface area (Å²) in [5.74, 6) is 0. The van der Waals surface area contributed by atoms with E-state index in [9.17, 15) is 0 Å². The summed E-state index contributed by atoms with van der Waals surface area (Å²) in [5.41, 5.74) is 4.48. The Morgan fingerprint density at radius 1 is 1.21 bits per heavy atom. The number of rotatable bonds is 2. The van der Waals surface area contributed by atoms with Gasteiger partial charge < -0.3 is 9.80 Å². The molecule has 1 aliphatic rings. The van der Waals surface area contributed by atoms with Gasteiger partial charge in [0.1, 0.15) is 0 Å². The second-order valence-electron chi connectivity index (χ2n) is 7.12. The number of nitrogens with zero attached hydrogens (tertiary/aromatic N) is 2. The SMILES string of the molecule is Cc1ccc(C(C)(C)C)c(N2CC[C@H](N(C)C)C2)c1. The van der Waals surface area contributed by atoms with Crippen LogP contribution in [0.4, 0.5) is 5.69 Å². The van der Waals surface area contributed by atoms with Crippen LogP contribution >= 0.6 is 0 Å². The van der Waals surface area contributed by atoms with E-state index >= 15 is 0 Å². The van der Waals surface area contributed by atoms with Crippen LogP contribution in [0.3, 0.4) is 0 Å². The van der Waals surface area contributed by atoms with Crippen LogP contribution in [0, 0.1) is 6.92 Å². The third-order valence-corrected chi connectivity index (χ3v) is 4.20. The van der Waals surface area contributed by atoms with Gasteiger partial charge in [0.25, 0.3) is 0 Å². The fourth-order valence-electron chi connectivity index (χ4n) is 2.92. The smallest absolute Gasteiger partial charge is 0.0407 e. The van der Waals surface area contributed by atoms with Crippen LogP contribution in [0.2, 0.25) is 0 Å². The van der Waals surface area contributed by atoms with Gasteiger partial charge in [0.05, 0.1) is 0 Å². The maximum Gasteiger partial charge on any atom is 0.0407 e. The Balaban J connectivity index is 2.32. The fraction of sp³-hybridized carbons (Fsp3) is 0.647. The number of hydrogen-bond donors (Lipinski definition) is 0. The minimum Gasteiger partial charge on any atom is -0.370 e. The summed E-state index contributed by atoms with van der Waals surface area (Å²) in [5, 5.41) is 0. The summed E-state index contributed by atoms with van der Waals surface area (Å²) in [6.07, 6.45) is 1.27. The van der Waals surface area contributed by atoms with Gasteiger partial charge in [0.2, 0.25) is 0 Å². The van der Waals surface area contributed by atoms with E-state index in [2.05, 4.69) is 69.8 Å². The van der Waals surface area contributed by atoms with E-state index in [0.29, 0.717) is 6.04 Å². The van der Waals surface area contributed by atoms with E-state index in [-0.39, 0.29) is 5.41 Å². The summed E-state index contributed by atoms with van der Waals surface area (Å²) < 4.78 is 0. The van der Waals surface area contributed by atoms with Crippen molar-refractivity contribution in [1.29, 1.82) is 0 Å². The van der Waals surface area contributed by atoms with Gasteiger partial charge in [-0.1, -0.05) is 32.9 Å². The summed E-state index contributed by atoms with van der Waals surface area (Å²) in [6.45, 7) is 11.4. The van der Waals surface area contributed by atoms with Gasteiger partial charge in [-0.2, -0.15) is 0 Å². The zero-order valence-corrected chi connectivity index (χ0v) is 13.3. The lowest BCUT2D eigenvalue weighted by Crippen LogP contribution is -2.32. The molecule has 0 unspecified atom stereocenters. The summed E-state index contributed by atoms with van der Waals surface area (Å²) >= 11 is 0. The second-order valence-corrected chi connectivity index (χ2v) is 7.12. The zero-order valence-electron chi connectivity index (χ0n) is 13.3. The molecule has 0 N–H and O–H groups in total. The maximum absolute atomic E-state index is 2.57. The lowest BCUT2D eigenvalue weighted by Gasteiger charge is -2.29. The van der Waals surface area contributed by atoms with Crippen LogP contribution in [-0.4, -0.2) is 38.1 Å². The lowest BCUT2D eigenvalue weighted by molar-refractivity contribution is 0.315. The van der Waals surface area contributed by atoms with Crippen molar-refractivity contribution in [2.45, 2.75) is 45.6 Å². The average molecular weight is 260 g/mol. The quantitative estimate of drug-likeness (QED) is 0.804. The fourth-order valence-corrected chi connectivity index (χ4v) is 2.92. The Hall–Kier alpha value is -1.02. The van der Waals surface area contributed by atoms with Crippen molar-refractivity contribution in [3.63, 3.8) is 0 Å². The topological polar surface area (TPSA) is 6.48 Å². The molecule has 0 spiro atoms. The third kappa shape index (κ3) is 3.11. The highest BCUT2D eigenvalue weighted by atomic mass is 15.2. The second kappa shape index (κ2) is 5.16. The van der Waals surface area contributed by atoms with Gasteiger partial charge in [-0.15, -0.1) is 0 Å². The molecule has 2 nitrogen and oxygen atoms in total. The molecule has 1 saturated heterocycles. The normalized spacial score (nSPS) is 20.4. The van der Waals surface area contributed by atoms with Crippen molar-refractivity contribution >= 4 is 5.69 Å². The molecule has 19 heavy (non-hydrogen) atoms. The molecule has 0 radical (unpaired) electrons. The van der Waals surface area contributed by atoms with Crippen LogP contribution in [0.15, 0.2) is 18.2 Å². The molecule has 2 heteroatoms. The lowest BCUT2D eigenvalue weighted by atomic mass is 9.85. The Labute approximate surface area is 118 Å². The van der Waals surface area contributed by atoms with Crippen molar-refractivity contribution < 1.29 is 0 Å². The Morgan fingerprint density at radius 3 is 2.42 bits per heavy atom. The molecule has 1 heterocycles. The molecule has 106 valence electrons. The van der Waals surface area contributed by atoms with Crippen molar-refractivity contribution in [3.8, 4) is 0 Å². The molecule has 1 aromatic rings. The first-order valence-electron chi connectivity index (χ1n) is 7.31. The molecular formula is C17H28N2. The van der Waals surface area contributed by atoms with Crippen LogP contribution in [0.25, 0.3) is 0 Å². The molecule has 2 rings (SSSR count). The van der Waals surface area contributed by atoms with E-state index in [1.807, 2.05) is 0 Å². The standard InChI is InChI=1S/C17H28N2/c1-13-7-8-15(17(2,3)4)16(11-13)19-10-9-14(12-19)18(5)6/h7-8,11,14H,9-10,12H2,1-6H3/t14-/m0/s1. The van der Waals surface area contributed by atoms with Crippen molar-refractivity contribution in [1.82, 2.24) is 4.90 Å². The molecule has 0 saturated carbocycles. The predicted molar refractivity (Wildman–Crippen MR) is 84.2 cm³/mol. The number of benzene rings is 1. The number of hydrogen-bond acceptors (Lipinski definition) is 2. The summed E-state index contributed by atoms with van der Waals surface area (Å²) in [7, 11) is 4.38. The van der Waals surface area contributed by atoms with Crippen LogP contribution in [0.1, 0.15) is 38.3 Å². The Kier molecular flexibility index (Phi) is 3.91. The van der Waals surface area contributed by atoms with Gasteiger partial charge >= 0.3 is 0 Å². The van der Waals surface area contributed by atoms with Crippen LogP contribution < -0.4 is 4.90 Å². The highest BCUT2D eigenvalue weighted by molar-refractivity contribution is 5.58. The third-order valence-electron chi connectivity index (χ3n) is 4.20. The minimum atomic E-state index is 0.208. The molecular weight excluding hydrogens is 232 g/mol. The van der Waals surface area contributed by atoms with Crippen molar-refractivity contribution in [2.24, 2.45) is 0 Å². The largest absolute Gasteiger partial charge is 0.370 e. The molecule has 1 aliphatic heterocycles. The van der Waals surface area contributed by atoms with E-state index in [1.165, 1.54) is 29.8 Å². The summed E-state index contributed by atoms with van der Waals surface area (Å²) in [6, 6.07) is 7.60. The maximum atomic E-state index is 2.57. The molecule has 1 atom stereocenters. The molecule has 0 aromatic heterocycles. The van der Waals surface area contributed by atoms with E-state index in [0.717, 1.165) is 6.54 Å². The van der Waals surface area contributed by atoms with E-state index in [4.69, 9.17) is 0 Å². The van der Waals surface area contributed by atoms with Crippen molar-refractivity contribution in [2.75, 3.05) is 32.1 Å². The number of anilines is 1. The van der Waals surface area contributed by atoms with Crippen molar-refractivity contribution in [3.05, 3.63) is 29.3 Å². The first kappa shape index (κ1) is 14.4. The van der Waals surface area contributed by atoms with Crippen LogP contribution in [0.5, 0.6) is 0 Å². The number of aryl methyl sites for hydroxylation is 1.